The molecule has 0 fully saturated rings. The zero-order valence-electron chi connectivity index (χ0n) is 6.65. The molecule has 0 aliphatic heterocycles. The van der Waals surface area contributed by atoms with Crippen LogP contribution in [0.15, 0.2) is 12.3 Å². The lowest BCUT2D eigenvalue weighted by Crippen LogP contribution is -2.23. The number of carbonyl (C=O) groups is 2. The zero-order valence-corrected chi connectivity index (χ0v) is 6.65. The molecule has 1 heterocycles. The van der Waals surface area contributed by atoms with Gasteiger partial charge in [0.15, 0.2) is 0 Å². The van der Waals surface area contributed by atoms with Gasteiger partial charge in [-0.2, -0.15) is 0 Å². The number of hydrogen-bond donors (Lipinski definition) is 3. The highest BCUT2D eigenvalue weighted by molar-refractivity contribution is 6.08. The number of carbonyl (C=O) groups excluding carboxylic acids is 2. The number of pyridine rings is 1. The molecule has 6 nitrogen and oxygen atoms in total. The fourth-order valence-electron chi connectivity index (χ4n) is 0.922. The van der Waals surface area contributed by atoms with Crippen LogP contribution in [0.5, 0.6) is 0 Å². The van der Waals surface area contributed by atoms with E-state index in [1.54, 1.807) is 0 Å². The summed E-state index contributed by atoms with van der Waals surface area (Å²) >= 11 is 0. The van der Waals surface area contributed by atoms with Crippen LogP contribution in [0.25, 0.3) is 0 Å². The summed E-state index contributed by atoms with van der Waals surface area (Å²) in [6, 6.07) is 1.37. The van der Waals surface area contributed by atoms with Crippen LogP contribution in [0.3, 0.4) is 0 Å². The molecule has 0 saturated carbocycles. The average molecular weight is 180 g/mol. The molecule has 6 heteroatoms. The standard InChI is InChI=1S/C7H8N4O2/c8-3-1-2-11-5(7(10)13)4(3)6(9)12/h1-2H,(H2,8,11)(H2,9,12)(H2,10,13). The van der Waals surface area contributed by atoms with Crippen LogP contribution in [-0.2, 0) is 0 Å². The summed E-state index contributed by atoms with van der Waals surface area (Å²) in [7, 11) is 0. The first-order chi connectivity index (χ1) is 6.04. The molecular weight excluding hydrogens is 172 g/mol. The van der Waals surface area contributed by atoms with Crippen molar-refractivity contribution < 1.29 is 9.59 Å². The topological polar surface area (TPSA) is 125 Å². The average Bonchev–Trinajstić information content (AvgIpc) is 2.02. The summed E-state index contributed by atoms with van der Waals surface area (Å²) in [4.78, 5) is 25.2. The van der Waals surface area contributed by atoms with E-state index >= 15 is 0 Å². The normalized spacial score (nSPS) is 9.54. The number of nitrogens with two attached hydrogens (primary N) is 3. The van der Waals surface area contributed by atoms with Gasteiger partial charge in [-0.15, -0.1) is 0 Å². The predicted molar refractivity (Wildman–Crippen MR) is 45.7 cm³/mol. The Hall–Kier alpha value is -2.11. The van der Waals surface area contributed by atoms with Gasteiger partial charge in [-0.25, -0.2) is 0 Å². The Balaban J connectivity index is 3.43. The largest absolute Gasteiger partial charge is 0.398 e. The monoisotopic (exact) mass is 180 g/mol. The van der Waals surface area contributed by atoms with E-state index in [1.165, 1.54) is 12.3 Å². The van der Waals surface area contributed by atoms with Crippen molar-refractivity contribution in [3.63, 3.8) is 0 Å². The fraction of sp³-hybridized carbons (Fsp3) is 0. The fourth-order valence-corrected chi connectivity index (χ4v) is 0.922. The van der Waals surface area contributed by atoms with E-state index in [-0.39, 0.29) is 16.9 Å². The van der Waals surface area contributed by atoms with Crippen molar-refractivity contribution in [2.75, 3.05) is 5.73 Å². The van der Waals surface area contributed by atoms with Crippen LogP contribution in [0.1, 0.15) is 20.8 Å². The number of amides is 2. The van der Waals surface area contributed by atoms with Crippen LogP contribution < -0.4 is 17.2 Å². The van der Waals surface area contributed by atoms with Crippen molar-refractivity contribution in [1.82, 2.24) is 4.98 Å². The summed E-state index contributed by atoms with van der Waals surface area (Å²) in [5, 5.41) is 0. The van der Waals surface area contributed by atoms with Gasteiger partial charge in [0.25, 0.3) is 11.8 Å². The first-order valence-electron chi connectivity index (χ1n) is 3.38. The van der Waals surface area contributed by atoms with Gasteiger partial charge in [-0.1, -0.05) is 0 Å². The number of rotatable bonds is 2. The number of anilines is 1. The van der Waals surface area contributed by atoms with Crippen molar-refractivity contribution in [2.45, 2.75) is 0 Å². The first-order valence-corrected chi connectivity index (χ1v) is 3.38. The molecule has 0 aliphatic rings. The lowest BCUT2D eigenvalue weighted by molar-refractivity contribution is 0.0964. The maximum atomic E-state index is 10.8. The van der Waals surface area contributed by atoms with Crippen LogP contribution in [0.2, 0.25) is 0 Å². The maximum absolute atomic E-state index is 10.8. The van der Waals surface area contributed by atoms with Crippen LogP contribution in [0.4, 0.5) is 5.69 Å². The molecule has 6 N–H and O–H groups in total. The summed E-state index contributed by atoms with van der Waals surface area (Å²) in [6.45, 7) is 0. The molecule has 0 radical (unpaired) electrons. The lowest BCUT2D eigenvalue weighted by Gasteiger charge is -2.03. The molecule has 0 bridgehead atoms. The van der Waals surface area contributed by atoms with Crippen molar-refractivity contribution in [2.24, 2.45) is 11.5 Å². The third kappa shape index (κ3) is 1.56. The first kappa shape index (κ1) is 8.98. The molecule has 0 unspecified atom stereocenters. The summed E-state index contributed by atoms with van der Waals surface area (Å²) in [5.74, 6) is -1.65. The highest BCUT2D eigenvalue weighted by Crippen LogP contribution is 2.12. The molecule has 0 aromatic carbocycles. The van der Waals surface area contributed by atoms with Crippen molar-refractivity contribution in [3.05, 3.63) is 23.5 Å². The molecule has 0 atom stereocenters. The van der Waals surface area contributed by atoms with Crippen LogP contribution in [-0.4, -0.2) is 16.8 Å². The Kier molecular flexibility index (Phi) is 2.14. The van der Waals surface area contributed by atoms with E-state index in [0.29, 0.717) is 0 Å². The third-order valence-electron chi connectivity index (χ3n) is 1.46. The Morgan fingerprint density at radius 1 is 1.23 bits per heavy atom. The highest BCUT2D eigenvalue weighted by atomic mass is 16.2. The zero-order chi connectivity index (χ0) is 10.0. The second kappa shape index (κ2) is 3.10. The number of nitrogens with zero attached hydrogens (tertiary/aromatic N) is 1. The second-order valence-electron chi connectivity index (χ2n) is 2.35. The van der Waals surface area contributed by atoms with Gasteiger partial charge in [0, 0.05) is 11.9 Å². The molecule has 1 aromatic heterocycles. The molecular formula is C7H8N4O2. The van der Waals surface area contributed by atoms with E-state index in [4.69, 9.17) is 17.2 Å². The summed E-state index contributed by atoms with van der Waals surface area (Å²) < 4.78 is 0. The Morgan fingerprint density at radius 2 is 1.85 bits per heavy atom. The Labute approximate surface area is 73.7 Å². The van der Waals surface area contributed by atoms with Crippen molar-refractivity contribution in [1.29, 1.82) is 0 Å². The van der Waals surface area contributed by atoms with Crippen LogP contribution >= 0.6 is 0 Å². The minimum atomic E-state index is -0.832. The van der Waals surface area contributed by atoms with Gasteiger partial charge in [0.05, 0.1) is 5.56 Å². The van der Waals surface area contributed by atoms with Gasteiger partial charge < -0.3 is 17.2 Å². The number of primary amides is 2. The molecule has 1 rings (SSSR count). The van der Waals surface area contributed by atoms with Gasteiger partial charge in [0.1, 0.15) is 5.69 Å². The van der Waals surface area contributed by atoms with Gasteiger partial charge in [-0.3, -0.25) is 14.6 Å². The molecule has 0 aliphatic carbocycles. The van der Waals surface area contributed by atoms with Gasteiger partial charge >= 0.3 is 0 Å². The quantitative estimate of drug-likeness (QED) is 0.531. The van der Waals surface area contributed by atoms with Crippen LogP contribution in [0, 0.1) is 0 Å². The van der Waals surface area contributed by atoms with E-state index < -0.39 is 11.8 Å². The Bertz CT molecular complexity index is 375. The summed E-state index contributed by atoms with van der Waals surface area (Å²) in [6.07, 6.45) is 1.28. The van der Waals surface area contributed by atoms with Crippen molar-refractivity contribution >= 4 is 17.5 Å². The smallest absolute Gasteiger partial charge is 0.268 e. The van der Waals surface area contributed by atoms with Gasteiger partial charge in [-0.05, 0) is 6.07 Å². The molecule has 0 spiro atoms. The Morgan fingerprint density at radius 3 is 2.23 bits per heavy atom. The predicted octanol–water partition coefficient (Wildman–Crippen LogP) is -1.14. The number of aromatic nitrogens is 1. The number of nitrogen functional groups attached to an aromatic ring is 1. The molecule has 1 aromatic rings. The lowest BCUT2D eigenvalue weighted by atomic mass is 10.1. The number of hydrogen-bond acceptors (Lipinski definition) is 4. The summed E-state index contributed by atoms with van der Waals surface area (Å²) in [5.41, 5.74) is 15.1. The molecule has 68 valence electrons. The molecule has 13 heavy (non-hydrogen) atoms. The molecule has 2 amide bonds. The van der Waals surface area contributed by atoms with Gasteiger partial charge in [0.2, 0.25) is 0 Å². The highest BCUT2D eigenvalue weighted by Gasteiger charge is 2.16. The van der Waals surface area contributed by atoms with E-state index in [0.717, 1.165) is 0 Å². The molecule has 0 saturated heterocycles. The minimum absolute atomic E-state index is 0.0938. The third-order valence-corrected chi connectivity index (χ3v) is 1.46. The minimum Gasteiger partial charge on any atom is -0.398 e. The van der Waals surface area contributed by atoms with E-state index in [9.17, 15) is 9.59 Å². The SMILES string of the molecule is NC(=O)c1nccc(N)c1C(N)=O. The van der Waals surface area contributed by atoms with Crippen molar-refractivity contribution in [3.8, 4) is 0 Å². The van der Waals surface area contributed by atoms with E-state index in [2.05, 4.69) is 4.98 Å². The maximum Gasteiger partial charge on any atom is 0.268 e. The second-order valence-corrected chi connectivity index (χ2v) is 2.35. The van der Waals surface area contributed by atoms with E-state index in [1.807, 2.05) is 0 Å².